The van der Waals surface area contributed by atoms with Gasteiger partial charge in [-0.2, -0.15) is 0 Å². The van der Waals surface area contributed by atoms with Crippen LogP contribution in [0.1, 0.15) is 73.6 Å². The first kappa shape index (κ1) is 22.7. The monoisotopic (exact) mass is 382 g/mol. The maximum Gasteiger partial charge on any atom is 0.200 e. The largest absolute Gasteiger partial charge is 0.471 e. The fourth-order valence-corrected chi connectivity index (χ4v) is 11.7. The second-order valence-corrected chi connectivity index (χ2v) is 20.9. The van der Waals surface area contributed by atoms with Crippen molar-refractivity contribution in [1.82, 2.24) is 0 Å². The highest BCUT2D eigenvalue weighted by Gasteiger charge is 2.46. The lowest BCUT2D eigenvalue weighted by atomic mass is 10.2. The summed E-state index contributed by atoms with van der Waals surface area (Å²) in [7, 11) is -3.57. The molecule has 146 valence electrons. The van der Waals surface area contributed by atoms with Gasteiger partial charge in [0.1, 0.15) is 13.8 Å². The van der Waals surface area contributed by atoms with Crippen molar-refractivity contribution in [2.24, 2.45) is 0 Å². The molecule has 0 saturated heterocycles. The van der Waals surface area contributed by atoms with Crippen molar-refractivity contribution in [3.63, 3.8) is 0 Å². The summed E-state index contributed by atoms with van der Waals surface area (Å²) in [5, 5.41) is 1.49. The number of furan rings is 1. The Morgan fingerprint density at radius 3 is 1.76 bits per heavy atom. The highest BCUT2D eigenvalue weighted by molar-refractivity contribution is 6.91. The van der Waals surface area contributed by atoms with Crippen LogP contribution in [0.25, 0.3) is 0 Å². The van der Waals surface area contributed by atoms with E-state index >= 15 is 0 Å². The molecule has 1 rings (SSSR count). The van der Waals surface area contributed by atoms with Crippen molar-refractivity contribution >= 4 is 21.8 Å². The molecule has 0 bridgehead atoms. The van der Waals surface area contributed by atoms with E-state index in [1.165, 1.54) is 10.9 Å². The third-order valence-electron chi connectivity index (χ3n) is 6.56. The third-order valence-corrected chi connectivity index (χ3v) is 17.9. The Kier molecular flexibility index (Phi) is 7.03. The second kappa shape index (κ2) is 7.73. The number of hydrogen-bond acceptors (Lipinski definition) is 2. The Labute approximate surface area is 158 Å². The average molecular weight is 383 g/mol. The van der Waals surface area contributed by atoms with Gasteiger partial charge in [0.05, 0.1) is 12.0 Å². The predicted octanol–water partition coefficient (Wildman–Crippen LogP) is 7.00. The average Bonchev–Trinajstić information content (AvgIpc) is 2.78. The molecule has 0 N–H and O–H groups in total. The minimum absolute atomic E-state index is 0.259. The summed E-state index contributed by atoms with van der Waals surface area (Å²) >= 11 is 0. The van der Waals surface area contributed by atoms with Crippen LogP contribution >= 0.6 is 0 Å². The molecule has 4 heteroatoms. The smallest absolute Gasteiger partial charge is 0.200 e. The van der Waals surface area contributed by atoms with Crippen LogP contribution in [0.15, 0.2) is 10.5 Å². The summed E-state index contributed by atoms with van der Waals surface area (Å²) in [6.45, 7) is 28.7. The molecule has 0 saturated carbocycles. The third kappa shape index (κ3) is 4.33. The van der Waals surface area contributed by atoms with Gasteiger partial charge in [0.2, 0.25) is 8.32 Å². The van der Waals surface area contributed by atoms with E-state index in [1.54, 1.807) is 0 Å². The quantitative estimate of drug-likeness (QED) is 0.474. The summed E-state index contributed by atoms with van der Waals surface area (Å²) < 4.78 is 13.1. The fraction of sp³-hybridized carbons (Fsp3) is 0.810. The normalized spacial score (nSPS) is 14.2. The molecule has 0 fully saturated rings. The van der Waals surface area contributed by atoms with Crippen LogP contribution < -0.4 is 5.38 Å². The maximum absolute atomic E-state index is 6.86. The van der Waals surface area contributed by atoms with Crippen LogP contribution in [0, 0.1) is 6.92 Å². The van der Waals surface area contributed by atoms with E-state index < -0.39 is 16.4 Å². The van der Waals surface area contributed by atoms with Crippen LogP contribution in [0.5, 0.6) is 0 Å². The minimum atomic E-state index is -1.86. The van der Waals surface area contributed by atoms with E-state index in [4.69, 9.17) is 8.84 Å². The molecule has 1 heterocycles. The number of hydrogen-bond donors (Lipinski definition) is 0. The lowest BCUT2D eigenvalue weighted by molar-refractivity contribution is 0.266. The van der Waals surface area contributed by atoms with Crippen molar-refractivity contribution < 1.29 is 8.84 Å². The molecule has 0 amide bonds. The number of rotatable bonds is 7. The predicted molar refractivity (Wildman–Crippen MR) is 116 cm³/mol. The van der Waals surface area contributed by atoms with E-state index in [0.29, 0.717) is 23.2 Å². The second-order valence-electron chi connectivity index (χ2n) is 10.2. The molecule has 2 nitrogen and oxygen atoms in total. The fourth-order valence-electron chi connectivity index (χ4n) is 4.25. The molecular weight excluding hydrogens is 340 g/mol. The first-order chi connectivity index (χ1) is 11.2. The molecule has 0 aliphatic rings. The van der Waals surface area contributed by atoms with Crippen molar-refractivity contribution in [1.29, 1.82) is 0 Å². The van der Waals surface area contributed by atoms with Gasteiger partial charge in [0, 0.05) is 5.56 Å². The van der Waals surface area contributed by atoms with Gasteiger partial charge in [0.15, 0.2) is 0 Å². The van der Waals surface area contributed by atoms with Gasteiger partial charge in [-0.1, -0.05) is 75.4 Å². The van der Waals surface area contributed by atoms with Crippen molar-refractivity contribution in [3.8, 4) is 0 Å². The lowest BCUT2D eigenvalue weighted by Gasteiger charge is -2.42. The van der Waals surface area contributed by atoms with E-state index in [1.807, 2.05) is 0 Å². The summed E-state index contributed by atoms with van der Waals surface area (Å²) in [5.41, 5.74) is 3.12. The van der Waals surface area contributed by atoms with Crippen molar-refractivity contribution in [2.45, 2.75) is 111 Å². The van der Waals surface area contributed by atoms with Crippen LogP contribution in [-0.4, -0.2) is 16.4 Å². The van der Waals surface area contributed by atoms with Crippen LogP contribution in [0.3, 0.4) is 0 Å². The zero-order valence-corrected chi connectivity index (χ0v) is 20.8. The van der Waals surface area contributed by atoms with Gasteiger partial charge >= 0.3 is 0 Å². The SMILES string of the molecule is Cc1cc(CO[Si](C(C)C)(C(C)C)C(C)C)c([Si](C)(C)C(C)(C)C)o1. The van der Waals surface area contributed by atoms with Gasteiger partial charge in [-0.3, -0.25) is 0 Å². The van der Waals surface area contributed by atoms with Crippen LogP contribution in [-0.2, 0) is 11.0 Å². The zero-order valence-electron chi connectivity index (χ0n) is 18.8. The lowest BCUT2D eigenvalue weighted by Crippen LogP contribution is -2.51. The first-order valence-electron chi connectivity index (χ1n) is 9.91. The Hall–Kier alpha value is -0.326. The molecule has 0 unspecified atom stereocenters. The summed E-state index contributed by atoms with van der Waals surface area (Å²) in [6, 6.07) is 2.22. The maximum atomic E-state index is 6.86. The Balaban J connectivity index is 3.25. The Bertz CT molecular complexity index is 541. The molecule has 25 heavy (non-hydrogen) atoms. The number of aryl methyl sites for hydroxylation is 1. The van der Waals surface area contributed by atoms with Gasteiger partial charge in [0.25, 0.3) is 0 Å². The van der Waals surface area contributed by atoms with Crippen LogP contribution in [0.4, 0.5) is 0 Å². The Morgan fingerprint density at radius 2 is 1.40 bits per heavy atom. The van der Waals surface area contributed by atoms with Crippen molar-refractivity contribution in [2.75, 3.05) is 0 Å². The van der Waals surface area contributed by atoms with Gasteiger partial charge < -0.3 is 8.84 Å². The van der Waals surface area contributed by atoms with Gasteiger partial charge in [-0.15, -0.1) is 0 Å². The van der Waals surface area contributed by atoms with E-state index in [0.717, 1.165) is 5.76 Å². The highest BCUT2D eigenvalue weighted by Crippen LogP contribution is 2.43. The van der Waals surface area contributed by atoms with E-state index in [2.05, 4.69) is 88.4 Å². The zero-order chi connectivity index (χ0) is 19.8. The summed E-state index contributed by atoms with van der Waals surface area (Å²) in [4.78, 5) is 0. The minimum Gasteiger partial charge on any atom is -0.471 e. The molecule has 0 radical (unpaired) electrons. The van der Waals surface area contributed by atoms with E-state index in [9.17, 15) is 0 Å². The molecule has 0 spiro atoms. The first-order valence-corrected chi connectivity index (χ1v) is 15.1. The van der Waals surface area contributed by atoms with Gasteiger partial charge in [-0.05, 0) is 34.7 Å². The molecule has 0 atom stereocenters. The standard InChI is InChI=1S/C21H42O2Si2/c1-15(2)25(16(3)4,17(5)6)22-14-19-13-18(7)23-20(19)24(11,12)21(8,9)10/h13,15-17H,14H2,1-12H3. The molecule has 0 aliphatic carbocycles. The van der Waals surface area contributed by atoms with E-state index in [-0.39, 0.29) is 5.04 Å². The Morgan fingerprint density at radius 1 is 0.960 bits per heavy atom. The van der Waals surface area contributed by atoms with Crippen molar-refractivity contribution in [3.05, 3.63) is 17.4 Å². The highest BCUT2D eigenvalue weighted by atomic mass is 28.4. The molecule has 0 aliphatic heterocycles. The van der Waals surface area contributed by atoms with Crippen LogP contribution in [0.2, 0.25) is 34.8 Å². The molecule has 1 aromatic rings. The summed E-state index contributed by atoms with van der Waals surface area (Å²) in [5.74, 6) is 1.02. The molecule has 0 aromatic carbocycles. The summed E-state index contributed by atoms with van der Waals surface area (Å²) in [6.07, 6.45) is 0. The molecular formula is C21H42O2Si2. The molecule has 1 aromatic heterocycles. The topological polar surface area (TPSA) is 22.4 Å². The van der Waals surface area contributed by atoms with Gasteiger partial charge in [-0.25, -0.2) is 0 Å².